The van der Waals surface area contributed by atoms with Crippen LogP contribution in [0.5, 0.6) is 11.5 Å². The molecular formula is C15H22N2O4. The summed E-state index contributed by atoms with van der Waals surface area (Å²) < 4.78 is 11.1. The van der Waals surface area contributed by atoms with Gasteiger partial charge in [0, 0.05) is 12.1 Å². The van der Waals surface area contributed by atoms with Gasteiger partial charge in [0.15, 0.2) is 0 Å². The first-order valence-electron chi connectivity index (χ1n) is 7.45. The van der Waals surface area contributed by atoms with Crippen molar-refractivity contribution in [3.05, 3.63) is 28.3 Å². The molecule has 0 spiro atoms. The van der Waals surface area contributed by atoms with Crippen LogP contribution in [0.3, 0.4) is 0 Å². The summed E-state index contributed by atoms with van der Waals surface area (Å²) in [4.78, 5) is 10.5. The topological polar surface area (TPSA) is 73.6 Å². The predicted octanol–water partition coefficient (Wildman–Crippen LogP) is 2.76. The summed E-state index contributed by atoms with van der Waals surface area (Å²) in [6.07, 6.45) is 2.99. The molecule has 2 rings (SSSR count). The van der Waals surface area contributed by atoms with Gasteiger partial charge in [-0.2, -0.15) is 0 Å². The lowest BCUT2D eigenvalue weighted by molar-refractivity contribution is -0.385. The first-order chi connectivity index (χ1) is 10.2. The van der Waals surface area contributed by atoms with E-state index in [1.54, 1.807) is 12.1 Å². The maximum absolute atomic E-state index is 11.0. The second kappa shape index (κ2) is 7.83. The molecule has 21 heavy (non-hydrogen) atoms. The van der Waals surface area contributed by atoms with Crippen molar-refractivity contribution in [1.29, 1.82) is 0 Å². The van der Waals surface area contributed by atoms with E-state index in [1.807, 2.05) is 6.92 Å². The Balaban J connectivity index is 1.93. The molecule has 1 atom stereocenters. The number of rotatable bonds is 8. The molecule has 1 heterocycles. The number of nitro benzene ring substituents is 1. The van der Waals surface area contributed by atoms with Crippen LogP contribution in [-0.4, -0.2) is 31.2 Å². The Morgan fingerprint density at radius 1 is 1.38 bits per heavy atom. The number of nitrogens with one attached hydrogen (secondary N) is 1. The minimum atomic E-state index is -0.432. The van der Waals surface area contributed by atoms with Crippen LogP contribution in [0.15, 0.2) is 18.2 Å². The van der Waals surface area contributed by atoms with E-state index in [0.717, 1.165) is 25.9 Å². The van der Waals surface area contributed by atoms with Crippen LogP contribution in [0.1, 0.15) is 26.2 Å². The van der Waals surface area contributed by atoms with Gasteiger partial charge in [-0.15, -0.1) is 0 Å². The smallest absolute Gasteiger partial charge is 0.311 e. The molecule has 1 saturated heterocycles. The molecule has 1 aliphatic heterocycles. The van der Waals surface area contributed by atoms with Crippen LogP contribution in [0, 0.1) is 16.0 Å². The van der Waals surface area contributed by atoms with Gasteiger partial charge >= 0.3 is 5.69 Å². The maximum atomic E-state index is 11.0. The van der Waals surface area contributed by atoms with Gasteiger partial charge in [0.05, 0.1) is 18.1 Å². The summed E-state index contributed by atoms with van der Waals surface area (Å²) in [7, 11) is 0. The first kappa shape index (κ1) is 15.6. The average molecular weight is 294 g/mol. The van der Waals surface area contributed by atoms with E-state index < -0.39 is 4.92 Å². The van der Waals surface area contributed by atoms with Crippen molar-refractivity contribution < 1.29 is 14.4 Å². The Bertz CT molecular complexity index is 473. The summed E-state index contributed by atoms with van der Waals surface area (Å²) in [6, 6.07) is 4.68. The Labute approximate surface area is 124 Å². The van der Waals surface area contributed by atoms with E-state index in [4.69, 9.17) is 9.47 Å². The standard InChI is InChI=1S/C15H22N2O4/c1-2-8-21-15-10-13(3-4-14(15)17(18)19)20-9-6-12-5-7-16-11-12/h3-4,10,12,16H,2,5-9,11H2,1H3. The van der Waals surface area contributed by atoms with Crippen molar-refractivity contribution in [3.63, 3.8) is 0 Å². The largest absolute Gasteiger partial charge is 0.493 e. The van der Waals surface area contributed by atoms with E-state index in [9.17, 15) is 10.1 Å². The lowest BCUT2D eigenvalue weighted by Gasteiger charge is -2.11. The third-order valence-electron chi connectivity index (χ3n) is 3.55. The lowest BCUT2D eigenvalue weighted by atomic mass is 10.1. The summed E-state index contributed by atoms with van der Waals surface area (Å²) >= 11 is 0. The van der Waals surface area contributed by atoms with E-state index in [1.165, 1.54) is 12.5 Å². The van der Waals surface area contributed by atoms with Crippen molar-refractivity contribution in [2.24, 2.45) is 5.92 Å². The van der Waals surface area contributed by atoms with Crippen LogP contribution in [0.4, 0.5) is 5.69 Å². The zero-order valence-corrected chi connectivity index (χ0v) is 12.3. The van der Waals surface area contributed by atoms with Crippen LogP contribution in [-0.2, 0) is 0 Å². The van der Waals surface area contributed by atoms with Crippen molar-refractivity contribution in [3.8, 4) is 11.5 Å². The molecular weight excluding hydrogens is 272 g/mol. The molecule has 1 aromatic rings. The molecule has 0 saturated carbocycles. The van der Waals surface area contributed by atoms with Crippen LogP contribution < -0.4 is 14.8 Å². The third-order valence-corrected chi connectivity index (χ3v) is 3.55. The highest BCUT2D eigenvalue weighted by atomic mass is 16.6. The summed E-state index contributed by atoms with van der Waals surface area (Å²) in [6.45, 7) is 5.17. The monoisotopic (exact) mass is 294 g/mol. The molecule has 0 aromatic heterocycles. The Morgan fingerprint density at radius 2 is 2.24 bits per heavy atom. The first-order valence-corrected chi connectivity index (χ1v) is 7.45. The van der Waals surface area contributed by atoms with Crippen molar-refractivity contribution in [2.75, 3.05) is 26.3 Å². The number of hydrogen-bond donors (Lipinski definition) is 1. The van der Waals surface area contributed by atoms with Gasteiger partial charge in [0.25, 0.3) is 0 Å². The van der Waals surface area contributed by atoms with Crippen molar-refractivity contribution in [1.82, 2.24) is 5.32 Å². The molecule has 116 valence electrons. The minimum Gasteiger partial charge on any atom is -0.493 e. The normalized spacial score (nSPS) is 17.7. The van der Waals surface area contributed by atoms with E-state index >= 15 is 0 Å². The zero-order valence-electron chi connectivity index (χ0n) is 12.3. The summed E-state index contributed by atoms with van der Waals surface area (Å²) in [5, 5.41) is 14.3. The highest BCUT2D eigenvalue weighted by molar-refractivity contribution is 5.50. The molecule has 0 bridgehead atoms. The molecule has 1 unspecified atom stereocenters. The highest BCUT2D eigenvalue weighted by Gasteiger charge is 2.17. The molecule has 0 amide bonds. The molecule has 1 aromatic carbocycles. The fraction of sp³-hybridized carbons (Fsp3) is 0.600. The van der Waals surface area contributed by atoms with Crippen molar-refractivity contribution >= 4 is 5.69 Å². The summed E-state index contributed by atoms with van der Waals surface area (Å²) in [5.74, 6) is 1.57. The lowest BCUT2D eigenvalue weighted by Crippen LogP contribution is -2.11. The molecule has 1 aliphatic rings. The van der Waals surface area contributed by atoms with Gasteiger partial charge in [0.2, 0.25) is 5.75 Å². The minimum absolute atomic E-state index is 0.0178. The fourth-order valence-corrected chi connectivity index (χ4v) is 2.37. The molecule has 6 heteroatoms. The van der Waals surface area contributed by atoms with E-state index in [2.05, 4.69) is 5.32 Å². The van der Waals surface area contributed by atoms with Gasteiger partial charge in [0.1, 0.15) is 5.75 Å². The van der Waals surface area contributed by atoms with Crippen molar-refractivity contribution in [2.45, 2.75) is 26.2 Å². The quantitative estimate of drug-likeness (QED) is 0.589. The average Bonchev–Trinajstić information content (AvgIpc) is 2.98. The van der Waals surface area contributed by atoms with Gasteiger partial charge in [-0.1, -0.05) is 6.92 Å². The Hall–Kier alpha value is -1.82. The molecule has 0 radical (unpaired) electrons. The Kier molecular flexibility index (Phi) is 5.80. The molecule has 1 fully saturated rings. The van der Waals surface area contributed by atoms with Gasteiger partial charge in [-0.3, -0.25) is 10.1 Å². The van der Waals surface area contributed by atoms with Crippen LogP contribution >= 0.6 is 0 Å². The van der Waals surface area contributed by atoms with E-state index in [-0.39, 0.29) is 11.4 Å². The Morgan fingerprint density at radius 3 is 2.90 bits per heavy atom. The number of nitro groups is 1. The second-order valence-corrected chi connectivity index (χ2v) is 5.23. The van der Waals surface area contributed by atoms with Gasteiger partial charge < -0.3 is 14.8 Å². The second-order valence-electron chi connectivity index (χ2n) is 5.23. The van der Waals surface area contributed by atoms with Crippen LogP contribution in [0.25, 0.3) is 0 Å². The molecule has 6 nitrogen and oxygen atoms in total. The highest BCUT2D eigenvalue weighted by Crippen LogP contribution is 2.31. The van der Waals surface area contributed by atoms with E-state index in [0.29, 0.717) is 24.9 Å². The summed E-state index contributed by atoms with van der Waals surface area (Å²) in [5.41, 5.74) is -0.0178. The maximum Gasteiger partial charge on any atom is 0.311 e. The fourth-order valence-electron chi connectivity index (χ4n) is 2.37. The number of nitrogens with zero attached hydrogens (tertiary/aromatic N) is 1. The number of benzene rings is 1. The predicted molar refractivity (Wildman–Crippen MR) is 80.0 cm³/mol. The molecule has 0 aliphatic carbocycles. The van der Waals surface area contributed by atoms with Gasteiger partial charge in [-0.25, -0.2) is 0 Å². The SMILES string of the molecule is CCCOc1cc(OCCC2CCNC2)ccc1[N+](=O)[O-]. The molecule has 1 N–H and O–H groups in total. The number of hydrogen-bond acceptors (Lipinski definition) is 5. The third kappa shape index (κ3) is 4.60. The van der Waals surface area contributed by atoms with Crippen LogP contribution in [0.2, 0.25) is 0 Å². The zero-order chi connectivity index (χ0) is 15.1. The van der Waals surface area contributed by atoms with Gasteiger partial charge in [-0.05, 0) is 44.3 Å². The number of ether oxygens (including phenoxy) is 2.